The van der Waals surface area contributed by atoms with E-state index in [-0.39, 0.29) is 31.3 Å². The number of benzene rings is 1. The van der Waals surface area contributed by atoms with E-state index in [2.05, 4.69) is 16.0 Å². The molecule has 0 spiro atoms. The van der Waals surface area contributed by atoms with Crippen LogP contribution in [-0.4, -0.2) is 73.4 Å². The van der Waals surface area contributed by atoms with E-state index in [4.69, 9.17) is 4.79 Å². The molecule has 1 aromatic rings. The molecule has 0 saturated carbocycles. The molecule has 214 valence electrons. The summed E-state index contributed by atoms with van der Waals surface area (Å²) >= 11 is 0. The number of quaternary nitrogens is 1. The molecule has 1 aromatic carbocycles. The van der Waals surface area contributed by atoms with Gasteiger partial charge in [0.2, 0.25) is 17.7 Å². The average Bonchev–Trinajstić information content (AvgIpc) is 3.57. The van der Waals surface area contributed by atoms with E-state index in [1.807, 2.05) is 44.9 Å². The molecule has 2 aliphatic heterocycles. The largest absolute Gasteiger partial charge is 0.345 e. The maximum atomic E-state index is 12.6. The summed E-state index contributed by atoms with van der Waals surface area (Å²) in [4.78, 5) is 70.9. The molecule has 1 atom stereocenters. The predicted molar refractivity (Wildman–Crippen MR) is 147 cm³/mol. The van der Waals surface area contributed by atoms with E-state index < -0.39 is 29.7 Å². The van der Waals surface area contributed by atoms with Crippen LogP contribution < -0.4 is 20.9 Å². The van der Waals surface area contributed by atoms with Gasteiger partial charge in [0.25, 0.3) is 11.8 Å². The third-order valence-electron chi connectivity index (χ3n) is 6.15. The minimum absolute atomic E-state index is 0.0660. The van der Waals surface area contributed by atoms with Crippen LogP contribution in [0, 0.1) is 5.92 Å². The summed E-state index contributed by atoms with van der Waals surface area (Å²) in [5.41, 5.74) is 1.87. The van der Waals surface area contributed by atoms with E-state index in [1.165, 1.54) is 31.5 Å². The van der Waals surface area contributed by atoms with E-state index >= 15 is 0 Å². The average molecular weight is 545 g/mol. The minimum atomic E-state index is -0.856. The SMILES string of the molecule is C=O.CC.CC(C)C(NC(=O)CCN1C(=O)C=CC1=O)C(=O)NCC(=O)Nc1ccc(C[NH+]2CCCC2)cc1. The highest BCUT2D eigenvalue weighted by molar-refractivity contribution is 6.13. The van der Waals surface area contributed by atoms with Crippen LogP contribution in [0.3, 0.4) is 0 Å². The van der Waals surface area contributed by atoms with Crippen LogP contribution in [0.25, 0.3) is 0 Å². The lowest BCUT2D eigenvalue weighted by Crippen LogP contribution is -3.08. The summed E-state index contributed by atoms with van der Waals surface area (Å²) in [7, 11) is 0. The fourth-order valence-corrected chi connectivity index (χ4v) is 4.17. The topological polar surface area (TPSA) is 146 Å². The lowest BCUT2D eigenvalue weighted by atomic mass is 10.0. The van der Waals surface area contributed by atoms with Crippen molar-refractivity contribution in [3.8, 4) is 0 Å². The van der Waals surface area contributed by atoms with Crippen LogP contribution in [0.4, 0.5) is 5.69 Å². The second-order valence-corrected chi connectivity index (χ2v) is 9.30. The van der Waals surface area contributed by atoms with Crippen molar-refractivity contribution < 1.29 is 33.7 Å². The monoisotopic (exact) mass is 544 g/mol. The molecule has 1 fully saturated rings. The van der Waals surface area contributed by atoms with Crippen molar-refractivity contribution >= 4 is 42.0 Å². The maximum Gasteiger partial charge on any atom is 0.253 e. The molecule has 0 aromatic heterocycles. The fourth-order valence-electron chi connectivity index (χ4n) is 4.17. The smallest absolute Gasteiger partial charge is 0.253 e. The third-order valence-corrected chi connectivity index (χ3v) is 6.15. The van der Waals surface area contributed by atoms with Gasteiger partial charge in [-0.25, -0.2) is 0 Å². The van der Waals surface area contributed by atoms with Crippen molar-refractivity contribution in [2.75, 3.05) is 31.5 Å². The molecule has 5 amide bonds. The predicted octanol–water partition coefficient (Wildman–Crippen LogP) is 0.217. The van der Waals surface area contributed by atoms with Crippen molar-refractivity contribution in [3.63, 3.8) is 0 Å². The Bertz CT molecular complexity index is 984. The Labute approximate surface area is 230 Å². The van der Waals surface area contributed by atoms with E-state index in [9.17, 15) is 24.0 Å². The summed E-state index contributed by atoms with van der Waals surface area (Å²) in [6.45, 7) is 12.6. The number of imide groups is 1. The second kappa shape index (κ2) is 17.6. The molecule has 11 heteroatoms. The number of hydrogen-bond donors (Lipinski definition) is 4. The standard InChI is InChI=1S/C25H33N5O5.C2H6.CH2O/c1-17(2)24(28-20(31)11-14-30-22(33)9-10-23(30)34)25(35)26-15-21(32)27-19-7-5-18(6-8-19)16-29-12-3-4-13-29;2*1-2/h5-10,17,24H,3-4,11-16H2,1-2H3,(H,26,35)(H,27,32)(H,28,31);1-2H3;1H2/p+1. The number of likely N-dealkylation sites (tertiary alicyclic amines) is 1. The third kappa shape index (κ3) is 11.2. The van der Waals surface area contributed by atoms with Crippen LogP contribution in [0.1, 0.15) is 52.5 Å². The fraction of sp³-hybridized carbons (Fsp3) is 0.500. The molecule has 0 bridgehead atoms. The van der Waals surface area contributed by atoms with Crippen LogP contribution in [0.2, 0.25) is 0 Å². The van der Waals surface area contributed by atoms with Crippen LogP contribution >= 0.6 is 0 Å². The first-order valence-electron chi connectivity index (χ1n) is 13.3. The van der Waals surface area contributed by atoms with Crippen LogP contribution in [0.5, 0.6) is 0 Å². The number of carbonyl (C=O) groups excluding carboxylic acids is 6. The lowest BCUT2D eigenvalue weighted by Gasteiger charge is -2.22. The number of hydrogen-bond acceptors (Lipinski definition) is 6. The van der Waals surface area contributed by atoms with Crippen LogP contribution in [0.15, 0.2) is 36.4 Å². The zero-order chi connectivity index (χ0) is 29.4. The van der Waals surface area contributed by atoms with Gasteiger partial charge in [0.1, 0.15) is 19.4 Å². The first kappa shape index (κ1) is 33.2. The second-order valence-electron chi connectivity index (χ2n) is 9.30. The number of amides is 5. The highest BCUT2D eigenvalue weighted by atomic mass is 16.2. The Morgan fingerprint density at radius 1 is 0.949 bits per heavy atom. The molecule has 3 rings (SSSR count). The van der Waals surface area contributed by atoms with E-state index in [0.29, 0.717) is 5.69 Å². The Morgan fingerprint density at radius 2 is 1.51 bits per heavy atom. The maximum absolute atomic E-state index is 12.6. The zero-order valence-corrected chi connectivity index (χ0v) is 23.4. The number of carbonyl (C=O) groups is 6. The summed E-state index contributed by atoms with van der Waals surface area (Å²) in [5.74, 6) is -2.48. The van der Waals surface area contributed by atoms with E-state index in [0.717, 1.165) is 23.6 Å². The molecule has 39 heavy (non-hydrogen) atoms. The Morgan fingerprint density at radius 3 is 2.05 bits per heavy atom. The molecular weight excluding hydrogens is 502 g/mol. The Balaban J connectivity index is 0.00000181. The van der Waals surface area contributed by atoms with Gasteiger partial charge in [-0.15, -0.1) is 0 Å². The molecule has 0 radical (unpaired) electrons. The van der Waals surface area contributed by atoms with Crippen molar-refractivity contribution in [1.29, 1.82) is 0 Å². The Kier molecular flexibility index (Phi) is 15.0. The lowest BCUT2D eigenvalue weighted by molar-refractivity contribution is -0.901. The molecule has 2 aliphatic rings. The van der Waals surface area contributed by atoms with Gasteiger partial charge in [-0.2, -0.15) is 0 Å². The summed E-state index contributed by atoms with van der Waals surface area (Å²) < 4.78 is 0. The summed E-state index contributed by atoms with van der Waals surface area (Å²) in [6.07, 6.45) is 4.73. The number of nitrogens with zero attached hydrogens (tertiary/aromatic N) is 1. The summed E-state index contributed by atoms with van der Waals surface area (Å²) in [6, 6.07) is 6.86. The first-order valence-corrected chi connectivity index (χ1v) is 13.3. The van der Waals surface area contributed by atoms with Gasteiger partial charge >= 0.3 is 0 Å². The summed E-state index contributed by atoms with van der Waals surface area (Å²) in [5, 5.41) is 7.95. The zero-order valence-electron chi connectivity index (χ0n) is 23.4. The van der Waals surface area contributed by atoms with Crippen molar-refractivity contribution in [1.82, 2.24) is 15.5 Å². The highest BCUT2D eigenvalue weighted by Gasteiger charge is 2.27. The molecule has 11 nitrogen and oxygen atoms in total. The van der Waals surface area contributed by atoms with Gasteiger partial charge in [-0.05, 0) is 18.1 Å². The molecule has 2 heterocycles. The normalized spacial score (nSPS) is 15.2. The number of nitrogens with one attached hydrogen (secondary N) is 4. The minimum Gasteiger partial charge on any atom is -0.345 e. The van der Waals surface area contributed by atoms with Crippen LogP contribution in [-0.2, 0) is 35.3 Å². The molecular formula is C28H42N5O6+. The van der Waals surface area contributed by atoms with E-state index in [1.54, 1.807) is 18.7 Å². The van der Waals surface area contributed by atoms with Gasteiger partial charge in [0.05, 0.1) is 19.6 Å². The van der Waals surface area contributed by atoms with Gasteiger partial charge in [0, 0.05) is 49.2 Å². The van der Waals surface area contributed by atoms with Gasteiger partial charge in [-0.1, -0.05) is 39.8 Å². The molecule has 0 aliphatic carbocycles. The van der Waals surface area contributed by atoms with Gasteiger partial charge in [0.15, 0.2) is 0 Å². The van der Waals surface area contributed by atoms with Crippen molar-refractivity contribution in [2.24, 2.45) is 5.92 Å². The molecule has 1 saturated heterocycles. The van der Waals surface area contributed by atoms with Crippen molar-refractivity contribution in [3.05, 3.63) is 42.0 Å². The quantitative estimate of drug-likeness (QED) is 0.293. The molecule has 1 unspecified atom stereocenters. The van der Waals surface area contributed by atoms with Gasteiger partial charge in [-0.3, -0.25) is 28.9 Å². The van der Waals surface area contributed by atoms with Crippen molar-refractivity contribution in [2.45, 2.75) is 59.5 Å². The molecule has 4 N–H and O–H groups in total. The highest BCUT2D eigenvalue weighted by Crippen LogP contribution is 2.10. The number of rotatable bonds is 11. The first-order chi connectivity index (χ1) is 18.7. The Hall–Kier alpha value is -3.86. The van der Waals surface area contributed by atoms with Gasteiger partial charge < -0.3 is 25.6 Å². The number of anilines is 1.